The molecular formula is C22H22FN3O2. The Kier molecular flexibility index (Phi) is 4.86. The van der Waals surface area contributed by atoms with Gasteiger partial charge >= 0.3 is 0 Å². The monoisotopic (exact) mass is 379 g/mol. The highest BCUT2D eigenvalue weighted by molar-refractivity contribution is 5.93. The van der Waals surface area contributed by atoms with Crippen LogP contribution >= 0.6 is 0 Å². The number of nitrogens with zero attached hydrogens (tertiary/aromatic N) is 2. The van der Waals surface area contributed by atoms with Gasteiger partial charge in [0.05, 0.1) is 12.2 Å². The normalized spacial score (nSPS) is 16.4. The minimum absolute atomic E-state index is 0.104. The fraction of sp³-hybridized carbons (Fsp3) is 0.273. The quantitative estimate of drug-likeness (QED) is 0.742. The van der Waals surface area contributed by atoms with E-state index in [0.717, 1.165) is 11.3 Å². The summed E-state index contributed by atoms with van der Waals surface area (Å²) >= 11 is 0. The molecule has 0 spiro atoms. The zero-order valence-corrected chi connectivity index (χ0v) is 15.9. The fourth-order valence-corrected chi connectivity index (χ4v) is 3.39. The van der Waals surface area contributed by atoms with E-state index in [0.29, 0.717) is 31.0 Å². The van der Waals surface area contributed by atoms with E-state index in [1.54, 1.807) is 23.1 Å². The first-order valence-electron chi connectivity index (χ1n) is 9.34. The smallest absolute Gasteiger partial charge is 0.272 e. The molecule has 2 aromatic carbocycles. The summed E-state index contributed by atoms with van der Waals surface area (Å²) < 4.78 is 19.1. The number of carbonyl (C=O) groups excluding carboxylic acids is 1. The van der Waals surface area contributed by atoms with Gasteiger partial charge in [-0.05, 0) is 49.2 Å². The number of carbonyl (C=O) groups is 1. The molecule has 4 rings (SSSR count). The third kappa shape index (κ3) is 3.76. The number of hydrogen-bond donors (Lipinski definition) is 1. The number of aromatic amines is 1. The van der Waals surface area contributed by atoms with Crippen LogP contribution in [0.4, 0.5) is 4.39 Å². The maximum atomic E-state index is 13.3. The van der Waals surface area contributed by atoms with Crippen molar-refractivity contribution in [3.63, 3.8) is 0 Å². The van der Waals surface area contributed by atoms with Crippen LogP contribution in [0.3, 0.4) is 0 Å². The van der Waals surface area contributed by atoms with Gasteiger partial charge in [0, 0.05) is 24.6 Å². The van der Waals surface area contributed by atoms with Gasteiger partial charge in [-0.2, -0.15) is 5.10 Å². The molecule has 3 aromatic rings. The molecule has 0 radical (unpaired) electrons. The fourth-order valence-electron chi connectivity index (χ4n) is 3.39. The summed E-state index contributed by atoms with van der Waals surface area (Å²) in [6.07, 6.45) is 0.563. The molecule has 2 heterocycles. The van der Waals surface area contributed by atoms with Crippen molar-refractivity contribution >= 4 is 5.91 Å². The van der Waals surface area contributed by atoms with Gasteiger partial charge in [-0.1, -0.05) is 18.2 Å². The van der Waals surface area contributed by atoms with Crippen molar-refractivity contribution in [1.82, 2.24) is 15.1 Å². The summed E-state index contributed by atoms with van der Waals surface area (Å²) in [7, 11) is 0. The molecule has 1 aliphatic heterocycles. The van der Waals surface area contributed by atoms with Crippen molar-refractivity contribution in [3.05, 3.63) is 71.2 Å². The molecule has 1 unspecified atom stereocenters. The zero-order valence-electron chi connectivity index (χ0n) is 15.9. The van der Waals surface area contributed by atoms with Crippen LogP contribution in [0.15, 0.2) is 48.5 Å². The maximum Gasteiger partial charge on any atom is 0.272 e. The molecule has 1 saturated heterocycles. The van der Waals surface area contributed by atoms with Gasteiger partial charge < -0.3 is 9.64 Å². The Labute approximate surface area is 163 Å². The molecular weight excluding hydrogens is 357 g/mol. The van der Waals surface area contributed by atoms with Crippen LogP contribution in [0.25, 0.3) is 11.3 Å². The Morgan fingerprint density at radius 1 is 1.18 bits per heavy atom. The zero-order chi connectivity index (χ0) is 19.7. The minimum Gasteiger partial charge on any atom is -0.488 e. The Balaban J connectivity index is 1.42. The number of likely N-dealkylation sites (tertiary alicyclic amines) is 1. The first-order chi connectivity index (χ1) is 13.5. The van der Waals surface area contributed by atoms with E-state index in [2.05, 4.69) is 36.2 Å². The highest BCUT2D eigenvalue weighted by Crippen LogP contribution is 2.23. The number of H-pyrrole nitrogens is 1. The lowest BCUT2D eigenvalue weighted by molar-refractivity contribution is 0.0766. The lowest BCUT2D eigenvalue weighted by atomic mass is 10.0. The Morgan fingerprint density at radius 2 is 2.04 bits per heavy atom. The molecule has 5 nitrogen and oxygen atoms in total. The molecule has 1 fully saturated rings. The Morgan fingerprint density at radius 3 is 2.82 bits per heavy atom. The van der Waals surface area contributed by atoms with Crippen LogP contribution in [0.2, 0.25) is 0 Å². The van der Waals surface area contributed by atoms with Crippen molar-refractivity contribution < 1.29 is 13.9 Å². The number of hydrogen-bond acceptors (Lipinski definition) is 3. The van der Waals surface area contributed by atoms with Crippen LogP contribution in [0.5, 0.6) is 5.75 Å². The molecule has 28 heavy (non-hydrogen) atoms. The molecule has 144 valence electrons. The second kappa shape index (κ2) is 7.46. The number of halogens is 1. The highest BCUT2D eigenvalue weighted by Gasteiger charge is 2.29. The maximum absolute atomic E-state index is 13.3. The second-order valence-corrected chi connectivity index (χ2v) is 7.20. The average Bonchev–Trinajstić information content (AvgIpc) is 3.33. The minimum atomic E-state index is -0.334. The van der Waals surface area contributed by atoms with E-state index in [1.165, 1.54) is 23.3 Å². The van der Waals surface area contributed by atoms with Crippen LogP contribution in [0, 0.1) is 19.7 Å². The van der Waals surface area contributed by atoms with Crippen molar-refractivity contribution in [2.24, 2.45) is 0 Å². The van der Waals surface area contributed by atoms with Crippen molar-refractivity contribution in [1.29, 1.82) is 0 Å². The molecule has 0 bridgehead atoms. The molecule has 1 amide bonds. The van der Waals surface area contributed by atoms with E-state index in [1.807, 2.05) is 6.07 Å². The number of amides is 1. The van der Waals surface area contributed by atoms with E-state index < -0.39 is 0 Å². The lowest BCUT2D eigenvalue weighted by Gasteiger charge is -2.16. The first kappa shape index (κ1) is 18.2. The summed E-state index contributed by atoms with van der Waals surface area (Å²) in [5.74, 6) is 0.0468. The number of nitrogens with one attached hydrogen (secondary N) is 1. The van der Waals surface area contributed by atoms with E-state index in [9.17, 15) is 9.18 Å². The molecule has 1 N–H and O–H groups in total. The number of aryl methyl sites for hydroxylation is 2. The predicted molar refractivity (Wildman–Crippen MR) is 105 cm³/mol. The van der Waals surface area contributed by atoms with Gasteiger partial charge in [-0.25, -0.2) is 4.39 Å². The van der Waals surface area contributed by atoms with E-state index in [4.69, 9.17) is 4.74 Å². The Bertz CT molecular complexity index is 1010. The summed E-state index contributed by atoms with van der Waals surface area (Å²) in [6.45, 7) is 5.18. The van der Waals surface area contributed by atoms with Gasteiger partial charge in [0.2, 0.25) is 0 Å². The largest absolute Gasteiger partial charge is 0.488 e. The van der Waals surface area contributed by atoms with Crippen LogP contribution < -0.4 is 4.74 Å². The van der Waals surface area contributed by atoms with Crippen LogP contribution in [-0.4, -0.2) is 40.2 Å². The van der Waals surface area contributed by atoms with Gasteiger partial charge in [0.1, 0.15) is 23.4 Å². The van der Waals surface area contributed by atoms with E-state index in [-0.39, 0.29) is 17.8 Å². The van der Waals surface area contributed by atoms with E-state index >= 15 is 0 Å². The average molecular weight is 379 g/mol. The van der Waals surface area contributed by atoms with Crippen LogP contribution in [-0.2, 0) is 0 Å². The highest BCUT2D eigenvalue weighted by atomic mass is 19.1. The topological polar surface area (TPSA) is 58.2 Å². The number of benzene rings is 2. The third-order valence-corrected chi connectivity index (χ3v) is 5.14. The summed E-state index contributed by atoms with van der Waals surface area (Å²) in [4.78, 5) is 14.5. The standard InChI is InChI=1S/C22H22FN3O2/c1-14-6-7-16(10-15(14)2)20-12-21(25-24-20)22(27)26-9-8-19(13-26)28-18-5-3-4-17(23)11-18/h3-7,10-12,19H,8-9,13H2,1-2H3,(H,24,25). The van der Waals surface area contributed by atoms with Gasteiger partial charge in [-0.15, -0.1) is 0 Å². The number of aromatic nitrogens is 2. The molecule has 0 aliphatic carbocycles. The molecule has 1 atom stereocenters. The summed E-state index contributed by atoms with van der Waals surface area (Å²) in [6, 6.07) is 14.0. The third-order valence-electron chi connectivity index (χ3n) is 5.14. The Hall–Kier alpha value is -3.15. The molecule has 0 saturated carbocycles. The van der Waals surface area contributed by atoms with Gasteiger partial charge in [-0.3, -0.25) is 9.89 Å². The van der Waals surface area contributed by atoms with Crippen molar-refractivity contribution in [3.8, 4) is 17.0 Å². The molecule has 1 aromatic heterocycles. The molecule has 1 aliphatic rings. The van der Waals surface area contributed by atoms with Crippen LogP contribution in [0.1, 0.15) is 28.0 Å². The van der Waals surface area contributed by atoms with Gasteiger partial charge in [0.25, 0.3) is 5.91 Å². The second-order valence-electron chi connectivity index (χ2n) is 7.20. The van der Waals surface area contributed by atoms with Gasteiger partial charge in [0.15, 0.2) is 0 Å². The van der Waals surface area contributed by atoms with Crippen molar-refractivity contribution in [2.75, 3.05) is 13.1 Å². The lowest BCUT2D eigenvalue weighted by Crippen LogP contribution is -2.31. The summed E-state index contributed by atoms with van der Waals surface area (Å²) in [5.41, 5.74) is 4.59. The predicted octanol–water partition coefficient (Wildman–Crippen LogP) is 4.13. The first-order valence-corrected chi connectivity index (χ1v) is 9.34. The SMILES string of the molecule is Cc1ccc(-c2cc(C(=O)N3CCC(Oc4cccc(F)c4)C3)[nH]n2)cc1C. The number of ether oxygens (including phenoxy) is 1. The molecule has 6 heteroatoms. The summed E-state index contributed by atoms with van der Waals surface area (Å²) in [5, 5.41) is 7.16. The number of rotatable bonds is 4. The van der Waals surface area contributed by atoms with Crippen molar-refractivity contribution in [2.45, 2.75) is 26.4 Å².